The van der Waals surface area contributed by atoms with E-state index in [1.54, 1.807) is 6.20 Å². The van der Waals surface area contributed by atoms with Gasteiger partial charge in [0.05, 0.1) is 0 Å². The third-order valence-electron chi connectivity index (χ3n) is 3.48. The van der Waals surface area contributed by atoms with E-state index in [0.717, 1.165) is 32.2 Å². The molecular weight excluding hydrogens is 238 g/mol. The van der Waals surface area contributed by atoms with E-state index in [4.69, 9.17) is 5.26 Å². The minimum Gasteiger partial charge on any atom is -0.390 e. The van der Waals surface area contributed by atoms with Crippen molar-refractivity contribution in [2.75, 3.05) is 6.54 Å². The molecule has 0 aliphatic heterocycles. The monoisotopic (exact) mass is 263 g/mol. The Morgan fingerprint density at radius 2 is 2.05 bits per heavy atom. The number of carbonyl (C=O) groups is 1. The number of nitrogens with zero attached hydrogens (tertiary/aromatic N) is 1. The summed E-state index contributed by atoms with van der Waals surface area (Å²) in [6.45, 7) is 2.96. The van der Waals surface area contributed by atoms with Gasteiger partial charge in [0.2, 0.25) is 0 Å². The third kappa shape index (κ3) is 6.28. The number of amides is 1. The average Bonchev–Trinajstić information content (AvgIpc) is 2.44. The third-order valence-corrected chi connectivity index (χ3v) is 3.48. The number of hydrogen-bond donors (Lipinski definition) is 2. The Morgan fingerprint density at radius 1 is 1.32 bits per heavy atom. The molecule has 0 bridgehead atoms. The van der Waals surface area contributed by atoms with E-state index < -0.39 is 0 Å². The lowest BCUT2D eigenvalue weighted by molar-refractivity contribution is -0.118. The van der Waals surface area contributed by atoms with Gasteiger partial charge in [-0.2, -0.15) is 5.26 Å². The SMILES string of the molecule is CCCCCN/C=C(/C#N)C(=O)NC1CCCCC1. The van der Waals surface area contributed by atoms with Crippen LogP contribution in [0.25, 0.3) is 0 Å². The van der Waals surface area contributed by atoms with E-state index in [2.05, 4.69) is 17.6 Å². The molecule has 4 heteroatoms. The highest BCUT2D eigenvalue weighted by atomic mass is 16.1. The molecule has 106 valence electrons. The van der Waals surface area contributed by atoms with Gasteiger partial charge in [0.15, 0.2) is 0 Å². The molecule has 0 atom stereocenters. The van der Waals surface area contributed by atoms with Crippen molar-refractivity contribution in [1.82, 2.24) is 10.6 Å². The number of unbranched alkanes of at least 4 members (excludes halogenated alkanes) is 2. The Kier molecular flexibility index (Phi) is 7.72. The Morgan fingerprint density at radius 3 is 2.68 bits per heavy atom. The van der Waals surface area contributed by atoms with Gasteiger partial charge in [-0.25, -0.2) is 0 Å². The molecule has 19 heavy (non-hydrogen) atoms. The van der Waals surface area contributed by atoms with Crippen LogP contribution in [-0.4, -0.2) is 18.5 Å². The molecule has 0 unspecified atom stereocenters. The molecule has 0 aromatic carbocycles. The van der Waals surface area contributed by atoms with E-state index in [1.807, 2.05) is 6.07 Å². The van der Waals surface area contributed by atoms with Crippen molar-refractivity contribution in [3.05, 3.63) is 11.8 Å². The molecule has 4 nitrogen and oxygen atoms in total. The lowest BCUT2D eigenvalue weighted by Gasteiger charge is -2.22. The molecule has 2 N–H and O–H groups in total. The van der Waals surface area contributed by atoms with Gasteiger partial charge in [0.25, 0.3) is 5.91 Å². The zero-order valence-corrected chi connectivity index (χ0v) is 11.9. The molecule has 1 rings (SSSR count). The van der Waals surface area contributed by atoms with Crippen molar-refractivity contribution < 1.29 is 4.79 Å². The molecule has 1 saturated carbocycles. The van der Waals surface area contributed by atoms with Gasteiger partial charge in [0.1, 0.15) is 11.6 Å². The maximum absolute atomic E-state index is 11.9. The van der Waals surface area contributed by atoms with Crippen LogP contribution in [-0.2, 0) is 4.79 Å². The number of nitrogens with one attached hydrogen (secondary N) is 2. The van der Waals surface area contributed by atoms with Gasteiger partial charge < -0.3 is 10.6 Å². The molecule has 0 radical (unpaired) electrons. The van der Waals surface area contributed by atoms with E-state index in [-0.39, 0.29) is 17.5 Å². The second kappa shape index (κ2) is 9.43. The maximum Gasteiger partial charge on any atom is 0.263 e. The first kappa shape index (κ1) is 15.6. The number of carbonyl (C=O) groups excluding carboxylic acids is 1. The normalized spacial score (nSPS) is 16.7. The fraction of sp³-hybridized carbons (Fsp3) is 0.733. The minimum absolute atomic E-state index is 0.182. The fourth-order valence-electron chi connectivity index (χ4n) is 2.31. The quantitative estimate of drug-likeness (QED) is 0.421. The van der Waals surface area contributed by atoms with Crippen molar-refractivity contribution >= 4 is 5.91 Å². The summed E-state index contributed by atoms with van der Waals surface area (Å²) in [4.78, 5) is 11.9. The summed E-state index contributed by atoms with van der Waals surface area (Å²) in [5, 5.41) is 15.0. The van der Waals surface area contributed by atoms with Crippen LogP contribution in [0.15, 0.2) is 11.8 Å². The highest BCUT2D eigenvalue weighted by Gasteiger charge is 2.17. The van der Waals surface area contributed by atoms with Crippen molar-refractivity contribution in [2.45, 2.75) is 64.3 Å². The first-order chi connectivity index (χ1) is 9.27. The smallest absolute Gasteiger partial charge is 0.263 e. The van der Waals surface area contributed by atoms with E-state index in [9.17, 15) is 4.79 Å². The van der Waals surface area contributed by atoms with Crippen LogP contribution < -0.4 is 10.6 Å². The predicted octanol–water partition coefficient (Wildman–Crippen LogP) is 2.62. The molecule has 0 aromatic heterocycles. The van der Waals surface area contributed by atoms with Crippen molar-refractivity contribution in [3.8, 4) is 6.07 Å². The summed E-state index contributed by atoms with van der Waals surface area (Å²) >= 11 is 0. The minimum atomic E-state index is -0.239. The summed E-state index contributed by atoms with van der Waals surface area (Å²) in [7, 11) is 0. The van der Waals surface area contributed by atoms with Crippen LogP contribution in [0, 0.1) is 11.3 Å². The zero-order chi connectivity index (χ0) is 13.9. The van der Waals surface area contributed by atoms with E-state index in [1.165, 1.54) is 25.7 Å². The fourth-order valence-corrected chi connectivity index (χ4v) is 2.31. The Labute approximate surface area is 116 Å². The summed E-state index contributed by atoms with van der Waals surface area (Å²) < 4.78 is 0. The molecule has 1 fully saturated rings. The average molecular weight is 263 g/mol. The Bertz CT molecular complexity index is 338. The molecule has 0 saturated heterocycles. The van der Waals surface area contributed by atoms with Crippen molar-refractivity contribution in [1.29, 1.82) is 5.26 Å². The molecule has 1 aliphatic rings. The summed E-state index contributed by atoms with van der Waals surface area (Å²) in [5.74, 6) is -0.239. The summed E-state index contributed by atoms with van der Waals surface area (Å²) in [5.41, 5.74) is 0.182. The Balaban J connectivity index is 2.33. The molecule has 1 amide bonds. The highest BCUT2D eigenvalue weighted by molar-refractivity contribution is 5.97. The van der Waals surface area contributed by atoms with E-state index >= 15 is 0 Å². The molecule has 0 spiro atoms. The largest absolute Gasteiger partial charge is 0.390 e. The predicted molar refractivity (Wildman–Crippen MR) is 76.2 cm³/mol. The lowest BCUT2D eigenvalue weighted by atomic mass is 9.95. The van der Waals surface area contributed by atoms with Gasteiger partial charge >= 0.3 is 0 Å². The maximum atomic E-state index is 11.9. The van der Waals surface area contributed by atoms with Crippen molar-refractivity contribution in [3.63, 3.8) is 0 Å². The van der Waals surface area contributed by atoms with Crippen LogP contribution in [0.5, 0.6) is 0 Å². The Hall–Kier alpha value is -1.50. The van der Waals surface area contributed by atoms with Crippen molar-refractivity contribution in [2.24, 2.45) is 0 Å². The second-order valence-electron chi connectivity index (χ2n) is 5.14. The van der Waals surface area contributed by atoms with Crippen LogP contribution in [0.4, 0.5) is 0 Å². The summed E-state index contributed by atoms with van der Waals surface area (Å²) in [6.07, 6.45) is 10.6. The lowest BCUT2D eigenvalue weighted by Crippen LogP contribution is -2.37. The first-order valence-corrected chi connectivity index (χ1v) is 7.42. The zero-order valence-electron chi connectivity index (χ0n) is 11.9. The molecule has 0 aromatic rings. The van der Waals surface area contributed by atoms with Crippen LogP contribution in [0.1, 0.15) is 58.3 Å². The number of rotatable bonds is 7. The van der Waals surface area contributed by atoms with Gasteiger partial charge in [0, 0.05) is 18.8 Å². The number of hydrogen-bond acceptors (Lipinski definition) is 3. The summed E-state index contributed by atoms with van der Waals surface area (Å²) in [6, 6.07) is 2.22. The molecule has 0 heterocycles. The van der Waals surface area contributed by atoms with Crippen LogP contribution in [0.2, 0.25) is 0 Å². The molecule has 1 aliphatic carbocycles. The van der Waals surface area contributed by atoms with Gasteiger partial charge in [-0.05, 0) is 19.3 Å². The standard InChI is InChI=1S/C15H25N3O/c1-2-3-7-10-17-12-13(11-16)15(19)18-14-8-5-4-6-9-14/h12,14,17H,2-10H2,1H3,(H,18,19)/b13-12-. The van der Waals surface area contributed by atoms with Gasteiger partial charge in [-0.3, -0.25) is 4.79 Å². The highest BCUT2D eigenvalue weighted by Crippen LogP contribution is 2.17. The van der Waals surface area contributed by atoms with E-state index in [0.29, 0.717) is 0 Å². The van der Waals surface area contributed by atoms with Crippen LogP contribution in [0.3, 0.4) is 0 Å². The first-order valence-electron chi connectivity index (χ1n) is 7.42. The molecular formula is C15H25N3O. The number of nitriles is 1. The van der Waals surface area contributed by atoms with Gasteiger partial charge in [-0.15, -0.1) is 0 Å². The van der Waals surface area contributed by atoms with Crippen LogP contribution >= 0.6 is 0 Å². The second-order valence-corrected chi connectivity index (χ2v) is 5.14. The topological polar surface area (TPSA) is 64.9 Å². The van der Waals surface area contributed by atoms with Gasteiger partial charge in [-0.1, -0.05) is 39.0 Å².